The highest BCUT2D eigenvalue weighted by atomic mass is 16.6. The fourth-order valence-corrected chi connectivity index (χ4v) is 3.98. The largest absolute Gasteiger partial charge is 0.466 e. The van der Waals surface area contributed by atoms with Crippen molar-refractivity contribution in [1.82, 2.24) is 4.90 Å². The van der Waals surface area contributed by atoms with E-state index in [1.807, 2.05) is 25.7 Å². The molecule has 1 aromatic carbocycles. The molecule has 1 aliphatic heterocycles. The van der Waals surface area contributed by atoms with Gasteiger partial charge in [0.15, 0.2) is 0 Å². The quantitative estimate of drug-likeness (QED) is 0.390. The molecule has 0 fully saturated rings. The number of nitro benzene ring substituents is 1. The van der Waals surface area contributed by atoms with Gasteiger partial charge in [-0.15, -0.1) is 0 Å². The number of hydrogen-bond donors (Lipinski definition) is 0. The molecule has 0 unspecified atom stereocenters. The highest BCUT2D eigenvalue weighted by Crippen LogP contribution is 2.46. The first-order valence-corrected chi connectivity index (χ1v) is 9.51. The molecule has 0 spiro atoms. The Hall–Kier alpha value is -3.16. The second kappa shape index (κ2) is 9.36. The SMILES string of the molecule is CCC1=C(C(=O)OC)C(c2ccccc2[N+](=O)[O-])C(C(=O)OC)=C(CC)N1CC. The Kier molecular flexibility index (Phi) is 7.14. The molecule has 2 rings (SSSR count). The van der Waals surface area contributed by atoms with Crippen molar-refractivity contribution in [3.8, 4) is 0 Å². The third-order valence-electron chi connectivity index (χ3n) is 5.09. The molecule has 1 aliphatic rings. The van der Waals surface area contributed by atoms with Crippen LogP contribution in [0.3, 0.4) is 0 Å². The Bertz CT molecular complexity index is 845. The summed E-state index contributed by atoms with van der Waals surface area (Å²) < 4.78 is 10.1. The van der Waals surface area contributed by atoms with Crippen LogP contribution < -0.4 is 0 Å². The van der Waals surface area contributed by atoms with E-state index in [-0.39, 0.29) is 22.4 Å². The molecule has 8 heteroatoms. The molecular formula is C21H26N2O6. The molecule has 0 N–H and O–H groups in total. The van der Waals surface area contributed by atoms with E-state index >= 15 is 0 Å². The summed E-state index contributed by atoms with van der Waals surface area (Å²) in [6.07, 6.45) is 0.987. The predicted molar refractivity (Wildman–Crippen MR) is 107 cm³/mol. The highest BCUT2D eigenvalue weighted by Gasteiger charge is 2.43. The van der Waals surface area contributed by atoms with Gasteiger partial charge < -0.3 is 14.4 Å². The number of hydrogen-bond acceptors (Lipinski definition) is 7. The van der Waals surface area contributed by atoms with E-state index in [1.165, 1.54) is 20.3 Å². The Balaban J connectivity index is 2.99. The van der Waals surface area contributed by atoms with Gasteiger partial charge in [0.25, 0.3) is 5.69 Å². The van der Waals surface area contributed by atoms with E-state index in [2.05, 4.69) is 0 Å². The number of methoxy groups -OCH3 is 2. The van der Waals surface area contributed by atoms with Crippen LogP contribution in [-0.2, 0) is 19.1 Å². The van der Waals surface area contributed by atoms with E-state index in [4.69, 9.17) is 9.47 Å². The van der Waals surface area contributed by atoms with E-state index in [0.717, 1.165) is 0 Å². The zero-order valence-corrected chi connectivity index (χ0v) is 17.4. The van der Waals surface area contributed by atoms with Crippen molar-refractivity contribution in [3.05, 3.63) is 62.5 Å². The predicted octanol–water partition coefficient (Wildman–Crippen LogP) is 3.69. The highest BCUT2D eigenvalue weighted by molar-refractivity contribution is 6.00. The van der Waals surface area contributed by atoms with Crippen LogP contribution in [0.5, 0.6) is 0 Å². The minimum atomic E-state index is -0.954. The molecule has 1 aromatic rings. The Labute approximate surface area is 169 Å². The first kappa shape index (κ1) is 22.1. The lowest BCUT2D eigenvalue weighted by atomic mass is 9.78. The molecule has 1 heterocycles. The summed E-state index contributed by atoms with van der Waals surface area (Å²) in [5, 5.41) is 11.7. The Morgan fingerprint density at radius 1 is 1.00 bits per heavy atom. The number of para-hydroxylation sites is 1. The third-order valence-corrected chi connectivity index (χ3v) is 5.09. The minimum absolute atomic E-state index is 0.170. The van der Waals surface area contributed by atoms with Crippen molar-refractivity contribution < 1.29 is 24.0 Å². The van der Waals surface area contributed by atoms with Crippen molar-refractivity contribution in [2.45, 2.75) is 39.5 Å². The maximum Gasteiger partial charge on any atom is 0.336 e. The second-order valence-corrected chi connectivity index (χ2v) is 6.40. The molecule has 0 saturated heterocycles. The van der Waals surface area contributed by atoms with E-state index in [9.17, 15) is 19.7 Å². The number of carbonyl (C=O) groups is 2. The van der Waals surface area contributed by atoms with E-state index in [1.54, 1.807) is 18.2 Å². The van der Waals surface area contributed by atoms with Crippen molar-refractivity contribution in [2.24, 2.45) is 0 Å². The minimum Gasteiger partial charge on any atom is -0.466 e. The lowest BCUT2D eigenvalue weighted by molar-refractivity contribution is -0.385. The molecular weight excluding hydrogens is 376 g/mol. The van der Waals surface area contributed by atoms with Crippen molar-refractivity contribution in [2.75, 3.05) is 20.8 Å². The van der Waals surface area contributed by atoms with Gasteiger partial charge in [-0.25, -0.2) is 9.59 Å². The molecule has 0 aliphatic carbocycles. The summed E-state index contributed by atoms with van der Waals surface area (Å²) in [5.41, 5.74) is 1.91. The van der Waals surface area contributed by atoms with Crippen molar-refractivity contribution >= 4 is 17.6 Å². The average molecular weight is 402 g/mol. The van der Waals surface area contributed by atoms with Crippen LogP contribution in [0.15, 0.2) is 46.8 Å². The Morgan fingerprint density at radius 2 is 1.48 bits per heavy atom. The average Bonchev–Trinajstić information content (AvgIpc) is 2.75. The lowest BCUT2D eigenvalue weighted by Crippen LogP contribution is -2.36. The van der Waals surface area contributed by atoms with Crippen molar-refractivity contribution in [1.29, 1.82) is 0 Å². The van der Waals surface area contributed by atoms with Crippen LogP contribution in [0.25, 0.3) is 0 Å². The molecule has 0 bridgehead atoms. The van der Waals surface area contributed by atoms with Gasteiger partial charge in [0.1, 0.15) is 0 Å². The van der Waals surface area contributed by atoms with Gasteiger partial charge in [-0.1, -0.05) is 32.0 Å². The molecule has 0 aromatic heterocycles. The summed E-state index contributed by atoms with van der Waals surface area (Å²) in [7, 11) is 2.51. The number of carbonyl (C=O) groups excluding carboxylic acids is 2. The number of ether oxygens (including phenoxy) is 2. The molecule has 0 saturated carbocycles. The van der Waals surface area contributed by atoms with Crippen LogP contribution in [-0.4, -0.2) is 42.5 Å². The standard InChI is InChI=1S/C21H26N2O6/c1-6-14-18(20(24)28-4)17(13-11-9-10-12-16(13)23(26)27)19(21(25)29-5)15(7-2)22(14)8-3/h9-12,17H,6-8H2,1-5H3. The number of allylic oxidation sites excluding steroid dienone is 2. The Morgan fingerprint density at radius 3 is 1.86 bits per heavy atom. The lowest BCUT2D eigenvalue weighted by Gasteiger charge is -2.39. The topological polar surface area (TPSA) is 99.0 Å². The van der Waals surface area contributed by atoms with Gasteiger partial charge in [0, 0.05) is 29.6 Å². The fourth-order valence-electron chi connectivity index (χ4n) is 3.98. The van der Waals surface area contributed by atoms with Crippen LogP contribution in [0.4, 0.5) is 5.69 Å². The number of esters is 2. The van der Waals surface area contributed by atoms with E-state index in [0.29, 0.717) is 30.8 Å². The maximum absolute atomic E-state index is 12.9. The van der Waals surface area contributed by atoms with E-state index < -0.39 is 22.8 Å². The van der Waals surface area contributed by atoms with Gasteiger partial charge in [0.2, 0.25) is 0 Å². The smallest absolute Gasteiger partial charge is 0.336 e. The second-order valence-electron chi connectivity index (χ2n) is 6.40. The first-order valence-electron chi connectivity index (χ1n) is 9.51. The van der Waals surface area contributed by atoms with Gasteiger partial charge >= 0.3 is 11.9 Å². The summed E-state index contributed by atoms with van der Waals surface area (Å²) in [6, 6.07) is 6.13. The monoisotopic (exact) mass is 402 g/mol. The van der Waals surface area contributed by atoms with Gasteiger partial charge in [-0.05, 0) is 19.8 Å². The normalized spacial score (nSPS) is 14.9. The summed E-state index contributed by atoms with van der Waals surface area (Å²) >= 11 is 0. The molecule has 0 radical (unpaired) electrons. The molecule has 156 valence electrons. The molecule has 0 atom stereocenters. The van der Waals surface area contributed by atoms with Gasteiger partial charge in [-0.2, -0.15) is 0 Å². The zero-order valence-electron chi connectivity index (χ0n) is 17.4. The maximum atomic E-state index is 12.9. The van der Waals surface area contributed by atoms with Crippen molar-refractivity contribution in [3.63, 3.8) is 0 Å². The molecule has 8 nitrogen and oxygen atoms in total. The van der Waals surface area contributed by atoms with Crippen LogP contribution in [0.2, 0.25) is 0 Å². The number of rotatable bonds is 7. The van der Waals surface area contributed by atoms with Gasteiger partial charge in [-0.3, -0.25) is 10.1 Å². The first-order chi connectivity index (χ1) is 13.9. The molecule has 29 heavy (non-hydrogen) atoms. The summed E-state index contributed by atoms with van der Waals surface area (Å²) in [6.45, 7) is 6.24. The summed E-state index contributed by atoms with van der Waals surface area (Å²) in [4.78, 5) is 38.8. The number of nitrogens with zero attached hydrogens (tertiary/aromatic N) is 2. The van der Waals surface area contributed by atoms with Crippen LogP contribution in [0.1, 0.15) is 45.1 Å². The summed E-state index contributed by atoms with van der Waals surface area (Å²) in [5.74, 6) is -2.20. The van der Waals surface area contributed by atoms with Gasteiger partial charge in [0.05, 0.1) is 36.2 Å². The number of nitro groups is 1. The fraction of sp³-hybridized carbons (Fsp3) is 0.429. The molecule has 0 amide bonds. The third kappa shape index (κ3) is 3.87. The zero-order chi connectivity index (χ0) is 21.7. The number of benzene rings is 1. The van der Waals surface area contributed by atoms with Crippen LogP contribution >= 0.6 is 0 Å². The van der Waals surface area contributed by atoms with Crippen LogP contribution in [0, 0.1) is 10.1 Å².